The van der Waals surface area contributed by atoms with Gasteiger partial charge in [0.15, 0.2) is 12.4 Å². The first-order chi connectivity index (χ1) is 14.0. The molecule has 29 heavy (non-hydrogen) atoms. The van der Waals surface area contributed by atoms with Gasteiger partial charge in [0.25, 0.3) is 11.8 Å². The highest BCUT2D eigenvalue weighted by Crippen LogP contribution is 2.14. The molecule has 1 aromatic carbocycles. The van der Waals surface area contributed by atoms with E-state index >= 15 is 0 Å². The molecule has 2 aromatic rings. The van der Waals surface area contributed by atoms with Crippen molar-refractivity contribution in [3.05, 3.63) is 60.1 Å². The van der Waals surface area contributed by atoms with Gasteiger partial charge < -0.3 is 14.5 Å². The van der Waals surface area contributed by atoms with Crippen molar-refractivity contribution in [1.82, 2.24) is 10.3 Å². The molecule has 1 N–H and O–H groups in total. The van der Waals surface area contributed by atoms with Crippen molar-refractivity contribution >= 4 is 23.5 Å². The summed E-state index contributed by atoms with van der Waals surface area (Å²) in [5, 5.41) is 8.21. The zero-order valence-corrected chi connectivity index (χ0v) is 16.3. The second-order valence-corrected chi connectivity index (χ2v) is 6.96. The average molecular weight is 397 g/mol. The number of benzene rings is 1. The summed E-state index contributed by atoms with van der Waals surface area (Å²) in [6, 6.07) is 11.8. The Bertz CT molecular complexity index is 890. The van der Waals surface area contributed by atoms with Crippen molar-refractivity contribution < 1.29 is 23.5 Å². The number of hydrogen-bond donors (Lipinski definition) is 1. The summed E-state index contributed by atoms with van der Waals surface area (Å²) >= 11 is 0. The Labute approximate surface area is 168 Å². The highest BCUT2D eigenvalue weighted by molar-refractivity contribution is 6.02. The fraction of sp³-hybridized carbons (Fsp3) is 0.333. The van der Waals surface area contributed by atoms with E-state index in [0.717, 1.165) is 11.3 Å². The zero-order chi connectivity index (χ0) is 20.8. The van der Waals surface area contributed by atoms with Gasteiger partial charge >= 0.3 is 5.97 Å². The number of carbonyl (C=O) groups excluding carboxylic acids is 3. The monoisotopic (exact) mass is 397 g/mol. The standard InChI is InChI=1S/C21H23N3O5/c1-14(2)19(22-20(26)17-9-6-12-28-17)21(27)29-13-18(25)24-11-10-16(23-24)15-7-4-3-5-8-15/h3-9,12,14,19H,10-11,13H2,1-2H3,(H,22,26)/t19-/m0/s1. The zero-order valence-electron chi connectivity index (χ0n) is 16.3. The number of nitrogens with one attached hydrogen (secondary N) is 1. The van der Waals surface area contributed by atoms with Crippen molar-refractivity contribution in [2.75, 3.05) is 13.2 Å². The lowest BCUT2D eigenvalue weighted by Gasteiger charge is -2.20. The third-order valence-corrected chi connectivity index (χ3v) is 4.49. The SMILES string of the molecule is CC(C)[C@H](NC(=O)c1ccco1)C(=O)OCC(=O)N1CCC(c2ccccc2)=N1. The van der Waals surface area contributed by atoms with Gasteiger partial charge in [0.1, 0.15) is 6.04 Å². The number of nitrogens with zero attached hydrogens (tertiary/aromatic N) is 2. The van der Waals surface area contributed by atoms with Crippen LogP contribution in [-0.4, -0.2) is 47.7 Å². The Morgan fingerprint density at radius 1 is 1.17 bits per heavy atom. The lowest BCUT2D eigenvalue weighted by atomic mass is 10.0. The second-order valence-electron chi connectivity index (χ2n) is 6.96. The number of ether oxygens (including phenoxy) is 1. The normalized spacial score (nSPS) is 14.4. The number of hydrogen-bond acceptors (Lipinski definition) is 6. The van der Waals surface area contributed by atoms with Gasteiger partial charge in [-0.05, 0) is 23.6 Å². The van der Waals surface area contributed by atoms with E-state index in [4.69, 9.17) is 9.15 Å². The van der Waals surface area contributed by atoms with E-state index < -0.39 is 30.4 Å². The molecule has 1 aliphatic rings. The van der Waals surface area contributed by atoms with E-state index in [1.165, 1.54) is 17.3 Å². The van der Waals surface area contributed by atoms with Gasteiger partial charge in [-0.3, -0.25) is 9.59 Å². The first kappa shape index (κ1) is 20.3. The molecule has 0 bridgehead atoms. The minimum Gasteiger partial charge on any atom is -0.459 e. The molecule has 1 aromatic heterocycles. The molecule has 8 heteroatoms. The smallest absolute Gasteiger partial charge is 0.329 e. The van der Waals surface area contributed by atoms with Crippen LogP contribution in [0.15, 0.2) is 58.2 Å². The Kier molecular flexibility index (Phi) is 6.43. The van der Waals surface area contributed by atoms with Crippen LogP contribution in [0.5, 0.6) is 0 Å². The molecule has 0 fully saturated rings. The van der Waals surface area contributed by atoms with Gasteiger partial charge in [0, 0.05) is 6.42 Å². The molecular weight excluding hydrogens is 374 g/mol. The van der Waals surface area contributed by atoms with E-state index in [1.54, 1.807) is 19.9 Å². The van der Waals surface area contributed by atoms with Gasteiger partial charge in [0.05, 0.1) is 18.5 Å². The third kappa shape index (κ3) is 5.10. The summed E-state index contributed by atoms with van der Waals surface area (Å²) in [6.07, 6.45) is 2.01. The average Bonchev–Trinajstić information content (AvgIpc) is 3.42. The van der Waals surface area contributed by atoms with E-state index in [1.807, 2.05) is 30.3 Å². The first-order valence-corrected chi connectivity index (χ1v) is 9.40. The number of hydrazone groups is 1. The predicted molar refractivity (Wildman–Crippen MR) is 105 cm³/mol. The molecular formula is C21H23N3O5. The van der Waals surface area contributed by atoms with Gasteiger partial charge in [-0.1, -0.05) is 44.2 Å². The van der Waals surface area contributed by atoms with Crippen molar-refractivity contribution in [3.8, 4) is 0 Å². The summed E-state index contributed by atoms with van der Waals surface area (Å²) < 4.78 is 10.2. The molecule has 0 radical (unpaired) electrons. The lowest BCUT2D eigenvalue weighted by molar-refractivity contribution is -0.154. The Morgan fingerprint density at radius 3 is 2.59 bits per heavy atom. The third-order valence-electron chi connectivity index (χ3n) is 4.49. The summed E-state index contributed by atoms with van der Waals surface area (Å²) in [4.78, 5) is 36.9. The van der Waals surface area contributed by atoms with Gasteiger partial charge in [0.2, 0.25) is 0 Å². The van der Waals surface area contributed by atoms with Crippen molar-refractivity contribution in [3.63, 3.8) is 0 Å². The van der Waals surface area contributed by atoms with Crippen LogP contribution in [0.4, 0.5) is 0 Å². The summed E-state index contributed by atoms with van der Waals surface area (Å²) in [6.45, 7) is 3.54. The fourth-order valence-electron chi connectivity index (χ4n) is 2.89. The molecule has 8 nitrogen and oxygen atoms in total. The molecule has 0 saturated heterocycles. The largest absolute Gasteiger partial charge is 0.459 e. The molecule has 3 rings (SSSR count). The molecule has 0 saturated carbocycles. The van der Waals surface area contributed by atoms with E-state index in [-0.39, 0.29) is 11.7 Å². The Hall–Kier alpha value is -3.42. The first-order valence-electron chi connectivity index (χ1n) is 9.40. The van der Waals surface area contributed by atoms with Crippen molar-refractivity contribution in [2.24, 2.45) is 11.0 Å². The van der Waals surface area contributed by atoms with Crippen LogP contribution < -0.4 is 5.32 Å². The van der Waals surface area contributed by atoms with Crippen LogP contribution in [0.3, 0.4) is 0 Å². The maximum absolute atomic E-state index is 12.4. The van der Waals surface area contributed by atoms with Crippen LogP contribution in [0.1, 0.15) is 36.4 Å². The van der Waals surface area contributed by atoms with Crippen LogP contribution in [0, 0.1) is 5.92 Å². The Balaban J connectivity index is 1.55. The lowest BCUT2D eigenvalue weighted by Crippen LogP contribution is -2.46. The van der Waals surface area contributed by atoms with E-state index in [9.17, 15) is 14.4 Å². The van der Waals surface area contributed by atoms with Crippen molar-refractivity contribution in [1.29, 1.82) is 0 Å². The van der Waals surface area contributed by atoms with Crippen LogP contribution >= 0.6 is 0 Å². The van der Waals surface area contributed by atoms with Gasteiger partial charge in [-0.2, -0.15) is 5.10 Å². The number of furan rings is 1. The quantitative estimate of drug-likeness (QED) is 0.722. The summed E-state index contributed by atoms with van der Waals surface area (Å²) in [5.74, 6) is -1.75. The van der Waals surface area contributed by atoms with Gasteiger partial charge in [-0.15, -0.1) is 0 Å². The molecule has 0 spiro atoms. The summed E-state index contributed by atoms with van der Waals surface area (Å²) in [7, 11) is 0. The molecule has 0 unspecified atom stereocenters. The number of esters is 1. The highest BCUT2D eigenvalue weighted by Gasteiger charge is 2.29. The van der Waals surface area contributed by atoms with Crippen LogP contribution in [-0.2, 0) is 14.3 Å². The van der Waals surface area contributed by atoms with E-state index in [0.29, 0.717) is 13.0 Å². The maximum Gasteiger partial charge on any atom is 0.329 e. The maximum atomic E-state index is 12.4. The summed E-state index contributed by atoms with van der Waals surface area (Å²) in [5.41, 5.74) is 1.77. The van der Waals surface area contributed by atoms with Crippen LogP contribution in [0.2, 0.25) is 0 Å². The predicted octanol–water partition coefficient (Wildman–Crippen LogP) is 2.21. The molecule has 1 aliphatic heterocycles. The van der Waals surface area contributed by atoms with Crippen molar-refractivity contribution in [2.45, 2.75) is 26.3 Å². The molecule has 0 aliphatic carbocycles. The Morgan fingerprint density at radius 2 is 1.93 bits per heavy atom. The number of rotatable bonds is 7. The minimum atomic E-state index is -0.901. The molecule has 2 heterocycles. The number of carbonyl (C=O) groups is 3. The second kappa shape index (κ2) is 9.18. The van der Waals surface area contributed by atoms with Gasteiger partial charge in [-0.25, -0.2) is 9.80 Å². The highest BCUT2D eigenvalue weighted by atomic mass is 16.5. The van der Waals surface area contributed by atoms with Crippen LogP contribution in [0.25, 0.3) is 0 Å². The molecule has 1 atom stereocenters. The number of amides is 2. The molecule has 152 valence electrons. The minimum absolute atomic E-state index is 0.0966. The molecule has 2 amide bonds. The van der Waals surface area contributed by atoms with E-state index in [2.05, 4.69) is 10.4 Å². The fourth-order valence-corrected chi connectivity index (χ4v) is 2.89. The topological polar surface area (TPSA) is 101 Å².